The van der Waals surface area contributed by atoms with E-state index in [2.05, 4.69) is 29.3 Å². The van der Waals surface area contributed by atoms with Gasteiger partial charge in [0.1, 0.15) is 0 Å². The van der Waals surface area contributed by atoms with Crippen LogP contribution in [0.1, 0.15) is 50.1 Å². The Morgan fingerprint density at radius 1 is 1.42 bits per heavy atom. The van der Waals surface area contributed by atoms with Gasteiger partial charge in [0, 0.05) is 13.0 Å². The molecule has 0 saturated carbocycles. The highest BCUT2D eigenvalue weighted by Gasteiger charge is 2.17. The molecule has 0 radical (unpaired) electrons. The van der Waals surface area contributed by atoms with Gasteiger partial charge in [-0.05, 0) is 38.1 Å². The summed E-state index contributed by atoms with van der Waals surface area (Å²) in [6.07, 6.45) is 2.64. The first kappa shape index (κ1) is 15.6. The van der Waals surface area contributed by atoms with Gasteiger partial charge in [-0.3, -0.25) is 4.79 Å². The zero-order valence-electron chi connectivity index (χ0n) is 12.0. The Labute approximate surface area is 114 Å². The molecule has 1 unspecified atom stereocenters. The Morgan fingerprint density at radius 2 is 2.16 bits per heavy atom. The molecule has 1 aromatic rings. The molecule has 0 aliphatic heterocycles. The van der Waals surface area contributed by atoms with Crippen molar-refractivity contribution in [1.29, 1.82) is 0 Å². The molecular formula is C13H24N4O2. The normalized spacial score (nSPS) is 12.7. The molecule has 1 amide bonds. The molecule has 1 aromatic heterocycles. The maximum Gasteiger partial charge on any atom is 0.292 e. The Bertz CT molecular complexity index is 390. The van der Waals surface area contributed by atoms with Crippen molar-refractivity contribution in [2.75, 3.05) is 13.1 Å². The van der Waals surface area contributed by atoms with Crippen molar-refractivity contribution >= 4 is 5.91 Å². The lowest BCUT2D eigenvalue weighted by molar-refractivity contribution is 0.0942. The third-order valence-electron chi connectivity index (χ3n) is 3.22. The number of rotatable bonds is 8. The van der Waals surface area contributed by atoms with Crippen LogP contribution in [0.5, 0.6) is 0 Å². The van der Waals surface area contributed by atoms with Crippen LogP contribution in [0, 0.1) is 11.8 Å². The van der Waals surface area contributed by atoms with E-state index < -0.39 is 0 Å². The number of aryl methyl sites for hydroxylation is 1. The van der Waals surface area contributed by atoms with E-state index in [4.69, 9.17) is 10.3 Å². The topological polar surface area (TPSA) is 94.0 Å². The lowest BCUT2D eigenvalue weighted by Gasteiger charge is -2.18. The maximum atomic E-state index is 11.5. The van der Waals surface area contributed by atoms with Crippen LogP contribution in [0.25, 0.3) is 0 Å². The Balaban J connectivity index is 2.51. The molecule has 0 saturated heterocycles. The Hall–Kier alpha value is -1.43. The molecule has 0 aliphatic carbocycles. The molecule has 6 nitrogen and oxygen atoms in total. The van der Waals surface area contributed by atoms with Crippen molar-refractivity contribution in [2.24, 2.45) is 17.6 Å². The molecule has 0 aliphatic rings. The summed E-state index contributed by atoms with van der Waals surface area (Å²) in [5.41, 5.74) is 5.61. The van der Waals surface area contributed by atoms with Gasteiger partial charge in [0.15, 0.2) is 0 Å². The maximum absolute atomic E-state index is 11.5. The third kappa shape index (κ3) is 4.98. The zero-order chi connectivity index (χ0) is 14.3. The fourth-order valence-corrected chi connectivity index (χ4v) is 2.02. The first-order valence-electron chi connectivity index (χ1n) is 6.89. The second-order valence-electron chi connectivity index (χ2n) is 4.99. The predicted octanol–water partition coefficient (Wildman–Crippen LogP) is 1.37. The number of nitrogens with one attached hydrogen (secondary N) is 1. The number of hydrogen-bond donors (Lipinski definition) is 2. The summed E-state index contributed by atoms with van der Waals surface area (Å²) in [5.74, 6) is 1.46. The minimum absolute atomic E-state index is 0.108. The first-order valence-corrected chi connectivity index (χ1v) is 6.89. The van der Waals surface area contributed by atoms with Crippen molar-refractivity contribution in [1.82, 2.24) is 15.5 Å². The molecule has 0 bridgehead atoms. The summed E-state index contributed by atoms with van der Waals surface area (Å²) in [6, 6.07) is 0. The van der Waals surface area contributed by atoms with E-state index in [9.17, 15) is 4.79 Å². The fourth-order valence-electron chi connectivity index (χ4n) is 2.02. The Kier molecular flexibility index (Phi) is 6.49. The zero-order valence-corrected chi connectivity index (χ0v) is 12.0. The van der Waals surface area contributed by atoms with Gasteiger partial charge in [-0.2, -0.15) is 4.98 Å². The fraction of sp³-hybridized carbons (Fsp3) is 0.769. The van der Waals surface area contributed by atoms with Gasteiger partial charge in [-0.1, -0.05) is 19.0 Å². The molecule has 6 heteroatoms. The molecule has 1 atom stereocenters. The van der Waals surface area contributed by atoms with Gasteiger partial charge in [-0.15, -0.1) is 0 Å². The molecule has 3 N–H and O–H groups in total. The summed E-state index contributed by atoms with van der Waals surface area (Å²) in [7, 11) is 0. The number of nitrogens with two attached hydrogens (primary N) is 1. The van der Waals surface area contributed by atoms with E-state index in [1.807, 2.05) is 6.92 Å². The van der Waals surface area contributed by atoms with Gasteiger partial charge in [0.25, 0.3) is 11.7 Å². The predicted molar refractivity (Wildman–Crippen MR) is 72.6 cm³/mol. The second-order valence-corrected chi connectivity index (χ2v) is 4.99. The van der Waals surface area contributed by atoms with E-state index in [0.717, 1.165) is 12.8 Å². The van der Waals surface area contributed by atoms with Crippen LogP contribution in [0.4, 0.5) is 0 Å². The highest BCUT2D eigenvalue weighted by Crippen LogP contribution is 2.20. The van der Waals surface area contributed by atoms with Crippen LogP contribution < -0.4 is 11.1 Å². The van der Waals surface area contributed by atoms with Gasteiger partial charge in [-0.25, -0.2) is 0 Å². The van der Waals surface area contributed by atoms with E-state index in [1.165, 1.54) is 0 Å². The van der Waals surface area contributed by atoms with Gasteiger partial charge < -0.3 is 15.6 Å². The van der Waals surface area contributed by atoms with Crippen molar-refractivity contribution in [3.8, 4) is 0 Å². The molecule has 19 heavy (non-hydrogen) atoms. The summed E-state index contributed by atoms with van der Waals surface area (Å²) in [4.78, 5) is 15.6. The van der Waals surface area contributed by atoms with Crippen LogP contribution in [0.3, 0.4) is 0 Å². The highest BCUT2D eigenvalue weighted by molar-refractivity contribution is 5.90. The van der Waals surface area contributed by atoms with E-state index >= 15 is 0 Å². The number of carbonyl (C=O) groups is 1. The smallest absolute Gasteiger partial charge is 0.292 e. The summed E-state index contributed by atoms with van der Waals surface area (Å²) in [5, 5.41) is 6.32. The minimum atomic E-state index is -0.292. The van der Waals surface area contributed by atoms with E-state index in [-0.39, 0.29) is 11.7 Å². The van der Waals surface area contributed by atoms with Crippen LogP contribution in [-0.4, -0.2) is 29.1 Å². The van der Waals surface area contributed by atoms with Crippen LogP contribution in [-0.2, 0) is 6.42 Å². The van der Waals surface area contributed by atoms with E-state index in [0.29, 0.717) is 37.2 Å². The number of amides is 1. The summed E-state index contributed by atoms with van der Waals surface area (Å²) in [6.45, 7) is 7.47. The SMILES string of the molecule is CCNC(=O)c1noc(CCC(CCN)C(C)C)n1. The van der Waals surface area contributed by atoms with Crippen LogP contribution in [0.2, 0.25) is 0 Å². The molecule has 0 spiro atoms. The number of hydrogen-bond acceptors (Lipinski definition) is 5. The van der Waals surface area contributed by atoms with Crippen molar-refractivity contribution in [2.45, 2.75) is 40.0 Å². The molecule has 1 rings (SSSR count). The van der Waals surface area contributed by atoms with Crippen LogP contribution in [0.15, 0.2) is 4.52 Å². The van der Waals surface area contributed by atoms with Gasteiger partial charge in [0.2, 0.25) is 5.89 Å². The molecular weight excluding hydrogens is 244 g/mol. The Morgan fingerprint density at radius 3 is 2.74 bits per heavy atom. The second kappa shape index (κ2) is 7.89. The number of aromatic nitrogens is 2. The lowest BCUT2D eigenvalue weighted by atomic mass is 9.88. The quantitative estimate of drug-likeness (QED) is 0.742. The summed E-state index contributed by atoms with van der Waals surface area (Å²) >= 11 is 0. The molecule has 0 fully saturated rings. The molecule has 1 heterocycles. The standard InChI is InChI=1S/C13H24N4O2/c1-4-15-13(18)12-16-11(19-17-12)6-5-10(7-8-14)9(2)3/h9-10H,4-8,14H2,1-3H3,(H,15,18). The minimum Gasteiger partial charge on any atom is -0.349 e. The number of carbonyl (C=O) groups excluding carboxylic acids is 1. The third-order valence-corrected chi connectivity index (χ3v) is 3.22. The van der Waals surface area contributed by atoms with Crippen molar-refractivity contribution in [3.63, 3.8) is 0 Å². The summed E-state index contributed by atoms with van der Waals surface area (Å²) < 4.78 is 5.09. The highest BCUT2D eigenvalue weighted by atomic mass is 16.5. The first-order chi connectivity index (χ1) is 9.08. The average molecular weight is 268 g/mol. The lowest BCUT2D eigenvalue weighted by Crippen LogP contribution is -2.23. The number of nitrogens with zero attached hydrogens (tertiary/aromatic N) is 2. The average Bonchev–Trinajstić information content (AvgIpc) is 2.83. The van der Waals surface area contributed by atoms with E-state index in [1.54, 1.807) is 0 Å². The van der Waals surface area contributed by atoms with Crippen molar-refractivity contribution in [3.05, 3.63) is 11.7 Å². The van der Waals surface area contributed by atoms with Gasteiger partial charge >= 0.3 is 0 Å². The monoisotopic (exact) mass is 268 g/mol. The van der Waals surface area contributed by atoms with Crippen LogP contribution >= 0.6 is 0 Å². The van der Waals surface area contributed by atoms with Gasteiger partial charge in [0.05, 0.1) is 0 Å². The largest absolute Gasteiger partial charge is 0.349 e. The molecule has 108 valence electrons. The van der Waals surface area contributed by atoms with Crippen molar-refractivity contribution < 1.29 is 9.32 Å². The molecule has 0 aromatic carbocycles.